The van der Waals surface area contributed by atoms with Gasteiger partial charge in [0, 0.05) is 24.4 Å². The lowest BCUT2D eigenvalue weighted by Crippen LogP contribution is -1.95. The van der Waals surface area contributed by atoms with Gasteiger partial charge in [-0.25, -0.2) is 0 Å². The smallest absolute Gasteiger partial charge is 0.162 e. The van der Waals surface area contributed by atoms with Crippen molar-refractivity contribution in [1.29, 1.82) is 0 Å². The zero-order valence-electron chi connectivity index (χ0n) is 6.28. The molecule has 0 aromatic carbocycles. The zero-order valence-corrected chi connectivity index (χ0v) is 7.99. The summed E-state index contributed by atoms with van der Waals surface area (Å²) >= 11 is 0. The predicted octanol–water partition coefficient (Wildman–Crippen LogP) is 2.25. The van der Waals surface area contributed by atoms with Crippen LogP contribution < -0.4 is 0 Å². The summed E-state index contributed by atoms with van der Waals surface area (Å²) in [5.41, 5.74) is 0.748. The highest BCUT2D eigenvalue weighted by Gasteiger charge is 1.98. The second-order valence-electron chi connectivity index (χ2n) is 2.01. The minimum atomic E-state index is 0. The number of ketones is 1. The molecule has 0 atom stereocenters. The minimum absolute atomic E-state index is 0. The van der Waals surface area contributed by atoms with Crippen molar-refractivity contribution in [3.05, 3.63) is 30.1 Å². The van der Waals surface area contributed by atoms with Gasteiger partial charge in [0.25, 0.3) is 0 Å². The second kappa shape index (κ2) is 5.02. The Kier molecular flexibility index (Phi) is 4.70. The standard InChI is InChI=1S/C8H9NO.BrH/c1-2-8(10)7-3-5-9-6-4-7;/h3-6H,2H2,1H3;1H. The van der Waals surface area contributed by atoms with Gasteiger partial charge in [-0.3, -0.25) is 9.78 Å². The molecule has 11 heavy (non-hydrogen) atoms. The van der Waals surface area contributed by atoms with Gasteiger partial charge in [0.05, 0.1) is 0 Å². The molecule has 0 saturated heterocycles. The molecule has 1 heterocycles. The van der Waals surface area contributed by atoms with Crippen molar-refractivity contribution in [3.63, 3.8) is 0 Å². The van der Waals surface area contributed by atoms with Crippen LogP contribution in [0.4, 0.5) is 0 Å². The topological polar surface area (TPSA) is 30.0 Å². The number of pyridine rings is 1. The molecule has 0 spiro atoms. The van der Waals surface area contributed by atoms with Crippen LogP contribution in [0.15, 0.2) is 24.5 Å². The van der Waals surface area contributed by atoms with Gasteiger partial charge in [-0.15, -0.1) is 17.0 Å². The average molecular weight is 216 g/mol. The van der Waals surface area contributed by atoms with Gasteiger partial charge in [0.1, 0.15) is 0 Å². The molecular weight excluding hydrogens is 206 g/mol. The number of nitrogens with zero attached hydrogens (tertiary/aromatic N) is 1. The maximum Gasteiger partial charge on any atom is 0.162 e. The molecule has 2 nitrogen and oxygen atoms in total. The number of aromatic nitrogens is 1. The molecule has 0 aliphatic heterocycles. The van der Waals surface area contributed by atoms with Gasteiger partial charge in [-0.1, -0.05) is 6.92 Å². The fraction of sp³-hybridized carbons (Fsp3) is 0.250. The summed E-state index contributed by atoms with van der Waals surface area (Å²) in [6.07, 6.45) is 3.82. The molecule has 0 aliphatic carbocycles. The summed E-state index contributed by atoms with van der Waals surface area (Å²) in [6, 6.07) is 3.46. The van der Waals surface area contributed by atoms with E-state index in [2.05, 4.69) is 4.98 Å². The molecule has 0 radical (unpaired) electrons. The van der Waals surface area contributed by atoms with Crippen LogP contribution >= 0.6 is 17.0 Å². The number of rotatable bonds is 2. The number of carbonyl (C=O) groups is 1. The summed E-state index contributed by atoms with van der Waals surface area (Å²) in [5.74, 6) is 0.169. The fourth-order valence-corrected chi connectivity index (χ4v) is 0.742. The highest BCUT2D eigenvalue weighted by molar-refractivity contribution is 8.93. The fourth-order valence-electron chi connectivity index (χ4n) is 0.742. The van der Waals surface area contributed by atoms with Crippen LogP contribution in [0.3, 0.4) is 0 Å². The third-order valence-corrected chi connectivity index (χ3v) is 1.32. The van der Waals surface area contributed by atoms with E-state index in [9.17, 15) is 4.79 Å². The van der Waals surface area contributed by atoms with E-state index in [0.29, 0.717) is 6.42 Å². The normalized spacial score (nSPS) is 8.45. The van der Waals surface area contributed by atoms with E-state index in [4.69, 9.17) is 0 Å². The third-order valence-electron chi connectivity index (χ3n) is 1.32. The van der Waals surface area contributed by atoms with Crippen LogP contribution in [0.25, 0.3) is 0 Å². The number of Topliss-reactive ketones (excluding diaryl/α,β-unsaturated/α-hetero) is 1. The average Bonchev–Trinajstić information content (AvgIpc) is 2.05. The van der Waals surface area contributed by atoms with E-state index < -0.39 is 0 Å². The van der Waals surface area contributed by atoms with Gasteiger partial charge >= 0.3 is 0 Å². The van der Waals surface area contributed by atoms with Crippen LogP contribution in [-0.4, -0.2) is 10.8 Å². The van der Waals surface area contributed by atoms with E-state index in [1.54, 1.807) is 24.5 Å². The SMILES string of the molecule is Br.CCC(=O)c1ccncc1. The van der Waals surface area contributed by atoms with E-state index in [-0.39, 0.29) is 22.8 Å². The molecule has 1 rings (SSSR count). The van der Waals surface area contributed by atoms with E-state index in [1.807, 2.05) is 6.92 Å². The lowest BCUT2D eigenvalue weighted by molar-refractivity contribution is 0.0988. The Morgan fingerprint density at radius 1 is 1.45 bits per heavy atom. The first-order chi connectivity index (χ1) is 4.84. The zero-order chi connectivity index (χ0) is 7.40. The number of carbonyl (C=O) groups excluding carboxylic acids is 1. The number of hydrogen-bond donors (Lipinski definition) is 0. The monoisotopic (exact) mass is 215 g/mol. The van der Waals surface area contributed by atoms with Crippen molar-refractivity contribution >= 4 is 22.8 Å². The second-order valence-corrected chi connectivity index (χ2v) is 2.01. The minimum Gasteiger partial charge on any atom is -0.294 e. The molecule has 1 aromatic rings. The van der Waals surface area contributed by atoms with Crippen molar-refractivity contribution in [2.24, 2.45) is 0 Å². The summed E-state index contributed by atoms with van der Waals surface area (Å²) in [7, 11) is 0. The molecule has 0 unspecified atom stereocenters. The Morgan fingerprint density at radius 2 is 2.00 bits per heavy atom. The molecular formula is C8H10BrNO. The van der Waals surface area contributed by atoms with Crippen molar-refractivity contribution in [1.82, 2.24) is 4.98 Å². The van der Waals surface area contributed by atoms with Gasteiger partial charge in [-0.05, 0) is 12.1 Å². The molecule has 0 saturated carbocycles. The molecule has 0 aliphatic rings. The quantitative estimate of drug-likeness (QED) is 0.709. The van der Waals surface area contributed by atoms with Crippen molar-refractivity contribution in [2.45, 2.75) is 13.3 Å². The van der Waals surface area contributed by atoms with Gasteiger partial charge in [0.15, 0.2) is 5.78 Å². The van der Waals surface area contributed by atoms with Gasteiger partial charge in [0.2, 0.25) is 0 Å². The van der Waals surface area contributed by atoms with Crippen LogP contribution in [0.2, 0.25) is 0 Å². The summed E-state index contributed by atoms with van der Waals surface area (Å²) in [5, 5.41) is 0. The summed E-state index contributed by atoms with van der Waals surface area (Å²) in [4.78, 5) is 14.8. The highest BCUT2D eigenvalue weighted by Crippen LogP contribution is 1.99. The molecule has 60 valence electrons. The Morgan fingerprint density at radius 3 is 2.45 bits per heavy atom. The maximum atomic E-state index is 11.0. The van der Waals surface area contributed by atoms with Crippen LogP contribution in [0, 0.1) is 0 Å². The van der Waals surface area contributed by atoms with Crippen LogP contribution in [-0.2, 0) is 0 Å². The number of halogens is 1. The van der Waals surface area contributed by atoms with Gasteiger partial charge in [-0.2, -0.15) is 0 Å². The van der Waals surface area contributed by atoms with E-state index in [1.165, 1.54) is 0 Å². The maximum absolute atomic E-state index is 11.0. The van der Waals surface area contributed by atoms with Crippen molar-refractivity contribution in [2.75, 3.05) is 0 Å². The van der Waals surface area contributed by atoms with Crippen molar-refractivity contribution in [3.8, 4) is 0 Å². The summed E-state index contributed by atoms with van der Waals surface area (Å²) < 4.78 is 0. The lowest BCUT2D eigenvalue weighted by Gasteiger charge is -1.93. The Balaban J connectivity index is 0.000001000. The number of hydrogen-bond acceptors (Lipinski definition) is 2. The molecule has 0 amide bonds. The molecule has 0 fully saturated rings. The third kappa shape index (κ3) is 2.80. The van der Waals surface area contributed by atoms with Crippen LogP contribution in [0.5, 0.6) is 0 Å². The first kappa shape index (κ1) is 10.3. The molecule has 0 N–H and O–H groups in total. The van der Waals surface area contributed by atoms with Gasteiger partial charge < -0.3 is 0 Å². The Hall–Kier alpha value is -0.700. The first-order valence-corrected chi connectivity index (χ1v) is 3.28. The molecule has 0 bridgehead atoms. The van der Waals surface area contributed by atoms with E-state index in [0.717, 1.165) is 5.56 Å². The molecule has 3 heteroatoms. The Labute approximate surface area is 76.4 Å². The Bertz CT molecular complexity index is 223. The predicted molar refractivity (Wildman–Crippen MR) is 49.2 cm³/mol. The first-order valence-electron chi connectivity index (χ1n) is 3.28. The van der Waals surface area contributed by atoms with Crippen LogP contribution in [0.1, 0.15) is 23.7 Å². The summed E-state index contributed by atoms with van der Waals surface area (Å²) in [6.45, 7) is 1.85. The highest BCUT2D eigenvalue weighted by atomic mass is 79.9. The van der Waals surface area contributed by atoms with Crippen molar-refractivity contribution < 1.29 is 4.79 Å². The lowest BCUT2D eigenvalue weighted by atomic mass is 10.1. The largest absolute Gasteiger partial charge is 0.294 e. The molecule has 1 aromatic heterocycles. The van der Waals surface area contributed by atoms with E-state index >= 15 is 0 Å².